The Hall–Kier alpha value is -4.20. The molecular weight excluding hydrogens is 472 g/mol. The van der Waals surface area contributed by atoms with E-state index in [1.807, 2.05) is 0 Å². The number of hydrogen-bond acceptors (Lipinski definition) is 1. The van der Waals surface area contributed by atoms with E-state index in [1.54, 1.807) is 7.11 Å². The van der Waals surface area contributed by atoms with Gasteiger partial charge in [-0.3, -0.25) is 0 Å². The second kappa shape index (κ2) is 10.9. The van der Waals surface area contributed by atoms with Crippen molar-refractivity contribution in [2.45, 2.75) is 33.3 Å². The number of aryl methyl sites for hydroxylation is 2. The summed E-state index contributed by atoms with van der Waals surface area (Å²) in [5.74, 6) is 0. The molecule has 0 fully saturated rings. The lowest BCUT2D eigenvalue weighted by molar-refractivity contribution is 0.185. The molecule has 0 bridgehead atoms. The molecule has 0 saturated carbocycles. The number of fused-ring (bicyclic) bond motifs is 2. The number of methoxy groups -OCH3 is 1. The van der Waals surface area contributed by atoms with E-state index >= 15 is 0 Å². The third-order valence-corrected chi connectivity index (χ3v) is 7.86. The maximum atomic E-state index is 5.70. The monoisotopic (exact) mass is 506 g/mol. The zero-order valence-corrected chi connectivity index (χ0v) is 23.0. The highest BCUT2D eigenvalue weighted by Gasteiger charge is 2.21. The Labute approximate surface area is 231 Å². The molecule has 0 saturated heterocycles. The molecule has 0 amide bonds. The third kappa shape index (κ3) is 4.75. The van der Waals surface area contributed by atoms with Gasteiger partial charge in [-0.1, -0.05) is 111 Å². The van der Waals surface area contributed by atoms with Crippen LogP contribution in [0.4, 0.5) is 0 Å². The van der Waals surface area contributed by atoms with Crippen LogP contribution >= 0.6 is 0 Å². The van der Waals surface area contributed by atoms with Crippen molar-refractivity contribution >= 4 is 21.5 Å². The number of hydrogen-bond donors (Lipinski definition) is 0. The Morgan fingerprint density at radius 2 is 1.15 bits per heavy atom. The molecule has 0 aliphatic rings. The van der Waals surface area contributed by atoms with Gasteiger partial charge in [-0.15, -0.1) is 0 Å². The van der Waals surface area contributed by atoms with Crippen molar-refractivity contribution in [2.24, 2.45) is 0 Å². The van der Waals surface area contributed by atoms with E-state index in [-0.39, 0.29) is 0 Å². The minimum atomic E-state index is 0.565. The molecule has 192 valence electrons. The molecule has 0 atom stereocenters. The Morgan fingerprint density at radius 1 is 0.513 bits per heavy atom. The van der Waals surface area contributed by atoms with E-state index in [4.69, 9.17) is 4.74 Å². The van der Waals surface area contributed by atoms with Crippen LogP contribution < -0.4 is 0 Å². The van der Waals surface area contributed by atoms with E-state index in [0.717, 1.165) is 12.8 Å². The summed E-state index contributed by atoms with van der Waals surface area (Å²) in [6.07, 6.45) is 2.01. The summed E-state index contributed by atoms with van der Waals surface area (Å²) >= 11 is 0. The van der Waals surface area contributed by atoms with Gasteiger partial charge in [-0.2, -0.15) is 0 Å². The Morgan fingerprint density at radius 3 is 1.87 bits per heavy atom. The van der Waals surface area contributed by atoms with Gasteiger partial charge in [0.1, 0.15) is 0 Å². The first-order chi connectivity index (χ1) is 19.2. The number of benzene rings is 6. The van der Waals surface area contributed by atoms with Crippen molar-refractivity contribution in [2.75, 3.05) is 7.11 Å². The van der Waals surface area contributed by atoms with Crippen LogP contribution in [0.1, 0.15) is 30.5 Å². The first-order valence-electron chi connectivity index (χ1n) is 14.0. The average Bonchev–Trinajstić information content (AvgIpc) is 2.99. The predicted molar refractivity (Wildman–Crippen MR) is 167 cm³/mol. The summed E-state index contributed by atoms with van der Waals surface area (Å²) in [5, 5.41) is 5.03. The summed E-state index contributed by atoms with van der Waals surface area (Å²) in [7, 11) is 1.78. The highest BCUT2D eigenvalue weighted by molar-refractivity contribution is 6.13. The summed E-state index contributed by atoms with van der Waals surface area (Å²) < 4.78 is 5.70. The summed E-state index contributed by atoms with van der Waals surface area (Å²) in [4.78, 5) is 0. The van der Waals surface area contributed by atoms with Crippen LogP contribution in [-0.4, -0.2) is 7.11 Å². The topological polar surface area (TPSA) is 9.23 Å². The van der Waals surface area contributed by atoms with Gasteiger partial charge in [-0.25, -0.2) is 0 Å². The molecule has 0 N–H and O–H groups in total. The molecule has 0 radical (unpaired) electrons. The third-order valence-electron chi connectivity index (χ3n) is 7.86. The second-order valence-corrected chi connectivity index (χ2v) is 10.3. The fraction of sp³-hybridized carbons (Fsp3) is 0.158. The largest absolute Gasteiger partial charge is 0.380 e. The molecule has 6 rings (SSSR count). The van der Waals surface area contributed by atoms with Crippen LogP contribution in [-0.2, 0) is 24.2 Å². The van der Waals surface area contributed by atoms with Crippen LogP contribution in [0.5, 0.6) is 0 Å². The van der Waals surface area contributed by atoms with Crippen LogP contribution in [0.3, 0.4) is 0 Å². The molecule has 1 nitrogen and oxygen atoms in total. The fourth-order valence-electron chi connectivity index (χ4n) is 5.85. The minimum Gasteiger partial charge on any atom is -0.380 e. The summed E-state index contributed by atoms with van der Waals surface area (Å²) in [6.45, 7) is 5.02. The van der Waals surface area contributed by atoms with Crippen LogP contribution in [0, 0.1) is 0 Å². The summed E-state index contributed by atoms with van der Waals surface area (Å²) in [6, 6.07) is 42.7. The molecule has 6 aromatic rings. The van der Waals surface area contributed by atoms with Crippen molar-refractivity contribution in [3.63, 3.8) is 0 Å². The molecule has 0 unspecified atom stereocenters. The number of rotatable bonds is 7. The van der Waals surface area contributed by atoms with Crippen LogP contribution in [0.15, 0.2) is 115 Å². The fourth-order valence-corrected chi connectivity index (χ4v) is 5.85. The van der Waals surface area contributed by atoms with Gasteiger partial charge in [0.15, 0.2) is 0 Å². The van der Waals surface area contributed by atoms with E-state index in [1.165, 1.54) is 71.6 Å². The Balaban J connectivity index is 1.83. The standard InChI is InChI=1S/C38H34O/c1-4-26-12-10-17-30(20-26)35-24-33-22-28-14-6-7-15-29(28)23-36(33)38(34-19-9-8-16-32(34)25-39-3)37(35)31-18-11-13-27(5-2)21-31/h6-24H,4-5,25H2,1-3H3. The zero-order chi connectivity index (χ0) is 26.8. The Kier molecular flexibility index (Phi) is 7.00. The van der Waals surface area contributed by atoms with Crippen molar-refractivity contribution in [1.29, 1.82) is 0 Å². The normalized spacial score (nSPS) is 11.4. The van der Waals surface area contributed by atoms with Crippen molar-refractivity contribution in [3.8, 4) is 33.4 Å². The van der Waals surface area contributed by atoms with Gasteiger partial charge in [0.25, 0.3) is 0 Å². The first-order valence-corrected chi connectivity index (χ1v) is 14.0. The molecule has 39 heavy (non-hydrogen) atoms. The Bertz CT molecular complexity index is 1790. The van der Waals surface area contributed by atoms with Gasteiger partial charge >= 0.3 is 0 Å². The zero-order valence-electron chi connectivity index (χ0n) is 23.0. The average molecular weight is 507 g/mol. The molecule has 0 aliphatic heterocycles. The quantitative estimate of drug-likeness (QED) is 0.196. The lowest BCUT2D eigenvalue weighted by Gasteiger charge is -2.22. The van der Waals surface area contributed by atoms with Gasteiger partial charge < -0.3 is 4.74 Å². The van der Waals surface area contributed by atoms with Crippen LogP contribution in [0.25, 0.3) is 54.9 Å². The molecular formula is C38H34O. The van der Waals surface area contributed by atoms with E-state index in [2.05, 4.69) is 129 Å². The SMILES string of the molecule is CCc1cccc(-c2cc3cc4ccccc4cc3c(-c3ccccc3COC)c2-c2cccc(CC)c2)c1. The smallest absolute Gasteiger partial charge is 0.0719 e. The first kappa shape index (κ1) is 25.1. The molecule has 0 aliphatic carbocycles. The minimum absolute atomic E-state index is 0.565. The molecule has 6 aromatic carbocycles. The maximum absolute atomic E-state index is 5.70. The lowest BCUT2D eigenvalue weighted by Crippen LogP contribution is -1.98. The van der Waals surface area contributed by atoms with Crippen LogP contribution in [0.2, 0.25) is 0 Å². The molecule has 0 spiro atoms. The van der Waals surface area contributed by atoms with E-state index in [9.17, 15) is 0 Å². The van der Waals surface area contributed by atoms with E-state index in [0.29, 0.717) is 6.61 Å². The van der Waals surface area contributed by atoms with Crippen molar-refractivity contribution in [3.05, 3.63) is 132 Å². The second-order valence-electron chi connectivity index (χ2n) is 10.3. The lowest BCUT2D eigenvalue weighted by atomic mass is 9.81. The van der Waals surface area contributed by atoms with Gasteiger partial charge in [0.05, 0.1) is 6.61 Å². The van der Waals surface area contributed by atoms with Crippen molar-refractivity contribution in [1.82, 2.24) is 0 Å². The van der Waals surface area contributed by atoms with Gasteiger partial charge in [0, 0.05) is 7.11 Å². The summed E-state index contributed by atoms with van der Waals surface area (Å²) in [5.41, 5.74) is 11.4. The molecule has 0 aromatic heterocycles. The van der Waals surface area contributed by atoms with E-state index < -0.39 is 0 Å². The predicted octanol–water partition coefficient (Wildman–Crippen LogP) is 10.3. The maximum Gasteiger partial charge on any atom is 0.0719 e. The molecule has 1 heteroatoms. The van der Waals surface area contributed by atoms with Gasteiger partial charge in [0.2, 0.25) is 0 Å². The highest BCUT2D eigenvalue weighted by atomic mass is 16.5. The number of ether oxygens (including phenoxy) is 1. The molecule has 0 heterocycles. The highest BCUT2D eigenvalue weighted by Crippen LogP contribution is 2.47. The van der Waals surface area contributed by atoms with Gasteiger partial charge in [-0.05, 0) is 103 Å². The van der Waals surface area contributed by atoms with Crippen molar-refractivity contribution < 1.29 is 4.74 Å².